The molecule has 0 bridgehead atoms. The summed E-state index contributed by atoms with van der Waals surface area (Å²) in [6.07, 6.45) is 0.708. The summed E-state index contributed by atoms with van der Waals surface area (Å²) in [7, 11) is 0. The zero-order chi connectivity index (χ0) is 10.7. The Morgan fingerprint density at radius 2 is 2.13 bits per heavy atom. The third-order valence-electron chi connectivity index (χ3n) is 2.40. The number of hydrogen-bond donors (Lipinski definition) is 1. The molecule has 3 nitrogen and oxygen atoms in total. The molecule has 0 aliphatic carbocycles. The van der Waals surface area contributed by atoms with Crippen LogP contribution in [-0.4, -0.2) is 18.6 Å². The van der Waals surface area contributed by atoms with E-state index in [0.717, 1.165) is 5.56 Å². The number of nitrogens with one attached hydrogen (secondary N) is 1. The molecule has 2 rings (SSSR count). The van der Waals surface area contributed by atoms with E-state index >= 15 is 0 Å². The summed E-state index contributed by atoms with van der Waals surface area (Å²) >= 11 is 0. The van der Waals surface area contributed by atoms with Crippen LogP contribution in [0.4, 0.5) is 4.39 Å². The minimum absolute atomic E-state index is 0.197. The van der Waals surface area contributed by atoms with Crippen LogP contribution in [0, 0.1) is 5.82 Å². The van der Waals surface area contributed by atoms with Crippen molar-refractivity contribution in [2.24, 2.45) is 0 Å². The van der Waals surface area contributed by atoms with Crippen LogP contribution in [-0.2, 0) is 16.1 Å². The Morgan fingerprint density at radius 3 is 2.73 bits per heavy atom. The molecule has 1 aromatic rings. The number of cyclic esters (lactones) is 1. The molecule has 80 valence electrons. The summed E-state index contributed by atoms with van der Waals surface area (Å²) < 4.78 is 17.4. The number of ether oxygens (including phenoxy) is 1. The van der Waals surface area contributed by atoms with E-state index in [1.54, 1.807) is 12.1 Å². The second-order valence-electron chi connectivity index (χ2n) is 3.52. The van der Waals surface area contributed by atoms with Gasteiger partial charge in [-0.2, -0.15) is 0 Å². The van der Waals surface area contributed by atoms with Gasteiger partial charge in [-0.3, -0.25) is 4.79 Å². The van der Waals surface area contributed by atoms with Crippen LogP contribution >= 0.6 is 0 Å². The molecule has 0 radical (unpaired) electrons. The number of hydrogen-bond acceptors (Lipinski definition) is 3. The number of halogens is 1. The van der Waals surface area contributed by atoms with Gasteiger partial charge >= 0.3 is 5.97 Å². The van der Waals surface area contributed by atoms with Crippen LogP contribution in [0.15, 0.2) is 24.3 Å². The van der Waals surface area contributed by atoms with Gasteiger partial charge < -0.3 is 10.1 Å². The Bertz CT molecular complexity index is 350. The van der Waals surface area contributed by atoms with Crippen molar-refractivity contribution in [2.75, 3.05) is 6.61 Å². The highest BCUT2D eigenvalue weighted by atomic mass is 19.1. The van der Waals surface area contributed by atoms with Crippen molar-refractivity contribution in [3.8, 4) is 0 Å². The second kappa shape index (κ2) is 4.40. The van der Waals surface area contributed by atoms with Crippen LogP contribution in [0.3, 0.4) is 0 Å². The van der Waals surface area contributed by atoms with Gasteiger partial charge in [0.1, 0.15) is 11.9 Å². The van der Waals surface area contributed by atoms with Crippen molar-refractivity contribution in [2.45, 2.75) is 19.0 Å². The fourth-order valence-corrected chi connectivity index (χ4v) is 1.52. The van der Waals surface area contributed by atoms with Gasteiger partial charge in [0.2, 0.25) is 0 Å². The predicted molar refractivity (Wildman–Crippen MR) is 52.6 cm³/mol. The normalized spacial score (nSPS) is 20.3. The number of esters is 1. The Balaban J connectivity index is 1.87. The molecule has 1 saturated heterocycles. The van der Waals surface area contributed by atoms with Gasteiger partial charge in [-0.15, -0.1) is 0 Å². The summed E-state index contributed by atoms with van der Waals surface area (Å²) in [6.45, 7) is 1.04. The van der Waals surface area contributed by atoms with E-state index in [1.807, 2.05) is 0 Å². The number of carbonyl (C=O) groups excluding carboxylic acids is 1. The highest BCUT2D eigenvalue weighted by Gasteiger charge is 2.25. The lowest BCUT2D eigenvalue weighted by Crippen LogP contribution is -2.32. The summed E-state index contributed by atoms with van der Waals surface area (Å²) in [5.74, 6) is -0.448. The van der Waals surface area contributed by atoms with Crippen LogP contribution in [0.2, 0.25) is 0 Å². The maximum atomic E-state index is 12.6. The Hall–Kier alpha value is -1.42. The lowest BCUT2D eigenvalue weighted by Gasteiger charge is -2.08. The molecule has 0 amide bonds. The van der Waals surface area contributed by atoms with E-state index < -0.39 is 0 Å². The van der Waals surface area contributed by atoms with Gasteiger partial charge in [-0.25, -0.2) is 4.39 Å². The lowest BCUT2D eigenvalue weighted by molar-refractivity contribution is -0.139. The third kappa shape index (κ3) is 2.53. The zero-order valence-corrected chi connectivity index (χ0v) is 8.20. The van der Waals surface area contributed by atoms with Crippen LogP contribution in [0.5, 0.6) is 0 Å². The van der Waals surface area contributed by atoms with Crippen molar-refractivity contribution in [1.29, 1.82) is 0 Å². The van der Waals surface area contributed by atoms with Gasteiger partial charge in [-0.1, -0.05) is 12.1 Å². The molecule has 0 saturated carbocycles. The maximum absolute atomic E-state index is 12.6. The first-order valence-corrected chi connectivity index (χ1v) is 4.90. The molecule has 1 heterocycles. The minimum atomic E-state index is -0.251. The topological polar surface area (TPSA) is 38.3 Å². The molecular weight excluding hydrogens is 197 g/mol. The smallest absolute Gasteiger partial charge is 0.323 e. The third-order valence-corrected chi connectivity index (χ3v) is 2.40. The maximum Gasteiger partial charge on any atom is 0.323 e. The van der Waals surface area contributed by atoms with Gasteiger partial charge in [0.15, 0.2) is 0 Å². The second-order valence-corrected chi connectivity index (χ2v) is 3.52. The van der Waals surface area contributed by atoms with Crippen molar-refractivity contribution < 1.29 is 13.9 Å². The van der Waals surface area contributed by atoms with Crippen molar-refractivity contribution in [1.82, 2.24) is 5.32 Å². The van der Waals surface area contributed by atoms with Gasteiger partial charge in [0.05, 0.1) is 6.61 Å². The van der Waals surface area contributed by atoms with Gasteiger partial charge in [0, 0.05) is 13.0 Å². The van der Waals surface area contributed by atoms with E-state index in [1.165, 1.54) is 12.1 Å². The van der Waals surface area contributed by atoms with Crippen molar-refractivity contribution >= 4 is 5.97 Å². The van der Waals surface area contributed by atoms with Crippen LogP contribution < -0.4 is 5.32 Å². The highest BCUT2D eigenvalue weighted by Crippen LogP contribution is 2.08. The van der Waals surface area contributed by atoms with E-state index in [9.17, 15) is 9.18 Å². The average Bonchev–Trinajstić information content (AvgIpc) is 2.63. The Morgan fingerprint density at radius 1 is 1.40 bits per heavy atom. The monoisotopic (exact) mass is 209 g/mol. The Labute approximate surface area is 87.2 Å². The van der Waals surface area contributed by atoms with Crippen LogP contribution in [0.1, 0.15) is 12.0 Å². The molecule has 0 spiro atoms. The largest absolute Gasteiger partial charge is 0.464 e. The predicted octanol–water partition coefficient (Wildman–Crippen LogP) is 1.23. The van der Waals surface area contributed by atoms with E-state index in [0.29, 0.717) is 19.6 Å². The standard InChI is InChI=1S/C11H12FNO2/c12-9-3-1-8(2-4-9)7-13-10-5-6-15-11(10)14/h1-4,10,13H,5-7H2. The molecule has 1 aliphatic heterocycles. The number of rotatable bonds is 3. The Kier molecular flexibility index (Phi) is 2.97. The summed E-state index contributed by atoms with van der Waals surface area (Å²) in [4.78, 5) is 11.1. The summed E-state index contributed by atoms with van der Waals surface area (Å²) in [6, 6.07) is 5.99. The van der Waals surface area contributed by atoms with Gasteiger partial charge in [-0.05, 0) is 17.7 Å². The molecule has 1 N–H and O–H groups in total. The summed E-state index contributed by atoms with van der Waals surface area (Å²) in [5, 5.41) is 3.07. The fourth-order valence-electron chi connectivity index (χ4n) is 1.52. The highest BCUT2D eigenvalue weighted by molar-refractivity contribution is 5.77. The SMILES string of the molecule is O=C1OCCC1NCc1ccc(F)cc1. The average molecular weight is 209 g/mol. The lowest BCUT2D eigenvalue weighted by atomic mass is 10.2. The molecule has 1 aromatic carbocycles. The molecule has 1 aliphatic rings. The minimum Gasteiger partial charge on any atom is -0.464 e. The zero-order valence-electron chi connectivity index (χ0n) is 8.20. The number of carbonyl (C=O) groups is 1. The molecule has 4 heteroatoms. The van der Waals surface area contributed by atoms with E-state index in [2.05, 4.69) is 5.32 Å². The first-order valence-electron chi connectivity index (χ1n) is 4.90. The van der Waals surface area contributed by atoms with Gasteiger partial charge in [0.25, 0.3) is 0 Å². The quantitative estimate of drug-likeness (QED) is 0.761. The van der Waals surface area contributed by atoms with E-state index in [4.69, 9.17) is 4.74 Å². The van der Waals surface area contributed by atoms with Crippen molar-refractivity contribution in [3.05, 3.63) is 35.6 Å². The van der Waals surface area contributed by atoms with Crippen LogP contribution in [0.25, 0.3) is 0 Å². The summed E-state index contributed by atoms with van der Waals surface area (Å²) in [5.41, 5.74) is 0.955. The molecule has 15 heavy (non-hydrogen) atoms. The molecule has 1 atom stereocenters. The van der Waals surface area contributed by atoms with Crippen molar-refractivity contribution in [3.63, 3.8) is 0 Å². The molecule has 0 aromatic heterocycles. The molecule has 1 unspecified atom stereocenters. The van der Waals surface area contributed by atoms with E-state index in [-0.39, 0.29) is 17.8 Å². The molecule has 1 fully saturated rings. The number of benzene rings is 1. The fraction of sp³-hybridized carbons (Fsp3) is 0.364. The molecular formula is C11H12FNO2. The first kappa shape index (κ1) is 10.1. The first-order chi connectivity index (χ1) is 7.25.